The minimum Gasteiger partial charge on any atom is -0.396 e. The summed E-state index contributed by atoms with van der Waals surface area (Å²) in [7, 11) is -2.07. The Morgan fingerprint density at radius 1 is 1.32 bits per heavy atom. The van der Waals surface area contributed by atoms with E-state index < -0.39 is 16.1 Å². The molecule has 11 heteroatoms. The molecule has 0 aliphatic heterocycles. The largest absolute Gasteiger partial charge is 0.396 e. The molecule has 1 aliphatic carbocycles. The average Bonchev–Trinajstić information content (AvgIpc) is 3.44. The number of thiazole rings is 1. The summed E-state index contributed by atoms with van der Waals surface area (Å²) in [4.78, 5) is 23.4. The third kappa shape index (κ3) is 6.02. The maximum atomic E-state index is 12.6. The summed E-state index contributed by atoms with van der Waals surface area (Å²) >= 11 is 0.973. The van der Waals surface area contributed by atoms with Crippen molar-refractivity contribution >= 4 is 43.9 Å². The first-order valence-corrected chi connectivity index (χ1v) is 12.3. The van der Waals surface area contributed by atoms with Crippen molar-refractivity contribution in [2.75, 3.05) is 23.9 Å². The van der Waals surface area contributed by atoms with E-state index in [2.05, 4.69) is 20.2 Å². The first kappa shape index (κ1) is 23.2. The molecular weight excluding hydrogens is 438 g/mol. The summed E-state index contributed by atoms with van der Waals surface area (Å²) < 4.78 is 27.8. The van der Waals surface area contributed by atoms with Crippen LogP contribution in [-0.4, -0.2) is 44.8 Å². The van der Waals surface area contributed by atoms with E-state index in [1.165, 1.54) is 4.90 Å². The number of sulfonamides is 1. The van der Waals surface area contributed by atoms with Gasteiger partial charge in [0.2, 0.25) is 0 Å². The quantitative estimate of drug-likeness (QED) is 0.333. The van der Waals surface area contributed by atoms with E-state index in [1.54, 1.807) is 26.1 Å². The van der Waals surface area contributed by atoms with Gasteiger partial charge in [-0.05, 0) is 50.8 Å². The molecule has 168 valence electrons. The van der Waals surface area contributed by atoms with Crippen molar-refractivity contribution in [2.24, 2.45) is 5.16 Å². The van der Waals surface area contributed by atoms with Gasteiger partial charge in [0.1, 0.15) is 6.61 Å². The van der Waals surface area contributed by atoms with Gasteiger partial charge in [0, 0.05) is 18.8 Å². The van der Waals surface area contributed by atoms with Crippen molar-refractivity contribution in [3.8, 4) is 0 Å². The summed E-state index contributed by atoms with van der Waals surface area (Å²) in [6.07, 6.45) is 2.59. The van der Waals surface area contributed by atoms with Crippen LogP contribution in [0.1, 0.15) is 44.4 Å². The minimum absolute atomic E-state index is 0.00541. The molecule has 1 aromatic heterocycles. The molecule has 0 radical (unpaired) electrons. The van der Waals surface area contributed by atoms with E-state index in [0.29, 0.717) is 23.1 Å². The number of oxime groups is 1. The number of amides is 2. The zero-order valence-corrected chi connectivity index (χ0v) is 19.6. The highest BCUT2D eigenvalue weighted by Crippen LogP contribution is 2.31. The molecule has 2 N–H and O–H groups in total. The predicted molar refractivity (Wildman–Crippen MR) is 123 cm³/mol. The van der Waals surface area contributed by atoms with Crippen molar-refractivity contribution in [2.45, 2.75) is 50.3 Å². The lowest BCUT2D eigenvalue weighted by Crippen LogP contribution is -2.31. The molecule has 1 aromatic carbocycles. The van der Waals surface area contributed by atoms with E-state index in [-0.39, 0.29) is 10.3 Å². The molecule has 0 saturated heterocycles. The topological polar surface area (TPSA) is 113 Å². The summed E-state index contributed by atoms with van der Waals surface area (Å²) in [6, 6.07) is 6.80. The number of hydrogen-bond donors (Lipinski definition) is 2. The molecule has 31 heavy (non-hydrogen) atoms. The summed E-state index contributed by atoms with van der Waals surface area (Å²) in [5.74, 6) is 0. The van der Waals surface area contributed by atoms with E-state index in [0.717, 1.165) is 41.9 Å². The van der Waals surface area contributed by atoms with Crippen LogP contribution in [0, 0.1) is 6.92 Å². The fourth-order valence-corrected chi connectivity index (χ4v) is 5.40. The van der Waals surface area contributed by atoms with Gasteiger partial charge in [-0.15, -0.1) is 0 Å². The molecule has 2 aromatic rings. The van der Waals surface area contributed by atoms with Crippen LogP contribution < -0.4 is 14.9 Å². The molecule has 0 bridgehead atoms. The molecule has 0 spiro atoms. The molecule has 0 atom stereocenters. The highest BCUT2D eigenvalue weighted by atomic mass is 32.2. The molecule has 1 fully saturated rings. The lowest BCUT2D eigenvalue weighted by molar-refractivity contribution is 0.145. The minimum atomic E-state index is -3.62. The van der Waals surface area contributed by atoms with Gasteiger partial charge in [-0.3, -0.25) is 4.90 Å². The molecule has 2 amide bonds. The number of anilines is 2. The standard InChI is InChI=1S/C20H27N5O4S2/c1-5-12-29-23-13(2)15-6-8-16(9-7-15)22-19(26)25(4)20-21-14(3)18(30-20)31(27,28)24-17-10-11-17/h6-9,17,24H,5,10-12H2,1-4H3,(H,22,26)/b23-13+. The molecule has 3 rings (SSSR count). The van der Waals surface area contributed by atoms with Gasteiger partial charge >= 0.3 is 6.03 Å². The van der Waals surface area contributed by atoms with Gasteiger partial charge < -0.3 is 10.2 Å². The molecule has 1 saturated carbocycles. The van der Waals surface area contributed by atoms with Crippen molar-refractivity contribution < 1.29 is 18.0 Å². The van der Waals surface area contributed by atoms with Gasteiger partial charge in [0.25, 0.3) is 10.0 Å². The van der Waals surface area contributed by atoms with Gasteiger partial charge in [-0.1, -0.05) is 35.5 Å². The molecule has 1 aliphatic rings. The van der Waals surface area contributed by atoms with Crippen LogP contribution >= 0.6 is 11.3 Å². The Balaban J connectivity index is 1.65. The Bertz CT molecular complexity index is 1060. The van der Waals surface area contributed by atoms with Crippen LogP contribution in [0.25, 0.3) is 0 Å². The average molecular weight is 466 g/mol. The third-order valence-electron chi connectivity index (χ3n) is 4.53. The van der Waals surface area contributed by atoms with Crippen molar-refractivity contribution in [1.29, 1.82) is 0 Å². The second-order valence-electron chi connectivity index (χ2n) is 7.34. The second-order valence-corrected chi connectivity index (χ2v) is 10.2. The second kappa shape index (κ2) is 9.75. The number of rotatable bonds is 9. The Labute approximate surface area is 186 Å². The van der Waals surface area contributed by atoms with Crippen LogP contribution in [0.5, 0.6) is 0 Å². The zero-order chi connectivity index (χ0) is 22.6. The number of carbonyl (C=O) groups is 1. The number of nitrogens with one attached hydrogen (secondary N) is 2. The van der Waals surface area contributed by atoms with Crippen LogP contribution in [0.2, 0.25) is 0 Å². The Hall–Kier alpha value is -2.50. The highest BCUT2D eigenvalue weighted by molar-refractivity contribution is 7.91. The number of aryl methyl sites for hydroxylation is 1. The fourth-order valence-electron chi connectivity index (χ4n) is 2.61. The SMILES string of the molecule is CCCO/N=C(\C)c1ccc(NC(=O)N(C)c2nc(C)c(S(=O)(=O)NC3CC3)s2)cc1. The number of carbonyl (C=O) groups excluding carboxylic acids is 1. The number of benzene rings is 1. The molecular formula is C20H27N5O4S2. The van der Waals surface area contributed by atoms with E-state index in [9.17, 15) is 13.2 Å². The van der Waals surface area contributed by atoms with E-state index >= 15 is 0 Å². The van der Waals surface area contributed by atoms with E-state index in [1.807, 2.05) is 26.0 Å². The van der Waals surface area contributed by atoms with Crippen LogP contribution in [0.3, 0.4) is 0 Å². The summed E-state index contributed by atoms with van der Waals surface area (Å²) in [5.41, 5.74) is 2.60. The van der Waals surface area contributed by atoms with Crippen molar-refractivity contribution in [3.05, 3.63) is 35.5 Å². The number of nitrogens with zero attached hydrogens (tertiary/aromatic N) is 3. The van der Waals surface area contributed by atoms with Gasteiger partial charge in [-0.25, -0.2) is 22.9 Å². The maximum Gasteiger partial charge on any atom is 0.327 e. The lowest BCUT2D eigenvalue weighted by atomic mass is 10.1. The smallest absolute Gasteiger partial charge is 0.327 e. The molecule has 1 heterocycles. The first-order chi connectivity index (χ1) is 14.7. The number of urea groups is 1. The number of hydrogen-bond acceptors (Lipinski definition) is 7. The Kier molecular flexibility index (Phi) is 7.29. The highest BCUT2D eigenvalue weighted by Gasteiger charge is 2.31. The van der Waals surface area contributed by atoms with Crippen molar-refractivity contribution in [1.82, 2.24) is 9.71 Å². The summed E-state index contributed by atoms with van der Waals surface area (Å²) in [6.45, 7) is 6.05. The van der Waals surface area contributed by atoms with Crippen molar-refractivity contribution in [3.63, 3.8) is 0 Å². The first-order valence-electron chi connectivity index (χ1n) is 10.0. The van der Waals surface area contributed by atoms with E-state index in [4.69, 9.17) is 4.84 Å². The van der Waals surface area contributed by atoms with Gasteiger partial charge in [0.15, 0.2) is 9.34 Å². The monoisotopic (exact) mass is 465 g/mol. The third-order valence-corrected chi connectivity index (χ3v) is 7.89. The van der Waals surface area contributed by atoms with Gasteiger partial charge in [0.05, 0.1) is 11.4 Å². The van der Waals surface area contributed by atoms with Crippen LogP contribution in [0.15, 0.2) is 33.6 Å². The lowest BCUT2D eigenvalue weighted by Gasteiger charge is -2.15. The van der Waals surface area contributed by atoms with Crippen LogP contribution in [-0.2, 0) is 14.9 Å². The normalized spacial score (nSPS) is 14.4. The number of aromatic nitrogens is 1. The fraction of sp³-hybridized carbons (Fsp3) is 0.450. The maximum absolute atomic E-state index is 12.6. The Morgan fingerprint density at radius 3 is 2.61 bits per heavy atom. The zero-order valence-electron chi connectivity index (χ0n) is 18.0. The predicted octanol–water partition coefficient (Wildman–Crippen LogP) is 3.71. The van der Waals surface area contributed by atoms with Gasteiger partial charge in [-0.2, -0.15) is 0 Å². The van der Waals surface area contributed by atoms with Crippen LogP contribution in [0.4, 0.5) is 15.6 Å². The Morgan fingerprint density at radius 2 is 2.00 bits per heavy atom. The summed E-state index contributed by atoms with van der Waals surface area (Å²) in [5, 5.41) is 7.14. The molecule has 9 nitrogen and oxygen atoms in total. The molecule has 0 unspecified atom stereocenters.